The van der Waals surface area contributed by atoms with Crippen LogP contribution in [0.2, 0.25) is 0 Å². The van der Waals surface area contributed by atoms with Gasteiger partial charge in [0.1, 0.15) is 22.9 Å². The first kappa shape index (κ1) is 23.9. The Bertz CT molecular complexity index is 1550. The molecule has 3 heterocycles. The lowest BCUT2D eigenvalue weighted by Gasteiger charge is -2.22. The lowest BCUT2D eigenvalue weighted by molar-refractivity contribution is 0.0970. The summed E-state index contributed by atoms with van der Waals surface area (Å²) in [6.07, 6.45) is 2.41. The van der Waals surface area contributed by atoms with E-state index in [0.29, 0.717) is 39.9 Å². The summed E-state index contributed by atoms with van der Waals surface area (Å²) < 4.78 is 11.9. The van der Waals surface area contributed by atoms with Crippen LogP contribution in [0.4, 0.5) is 5.13 Å². The Balaban J connectivity index is 1.73. The van der Waals surface area contributed by atoms with E-state index in [1.807, 2.05) is 50.2 Å². The Morgan fingerprint density at radius 1 is 1.17 bits per heavy atom. The summed E-state index contributed by atoms with van der Waals surface area (Å²) in [6, 6.07) is 10.3. The molecule has 36 heavy (non-hydrogen) atoms. The molecule has 0 fully saturated rings. The van der Waals surface area contributed by atoms with Gasteiger partial charge in [0.25, 0.3) is 5.91 Å². The fourth-order valence-electron chi connectivity index (χ4n) is 4.44. The summed E-state index contributed by atoms with van der Waals surface area (Å²) in [5.41, 5.74) is 3.17. The van der Waals surface area contributed by atoms with Gasteiger partial charge >= 0.3 is 0 Å². The number of benzene rings is 2. The second-order valence-electron chi connectivity index (χ2n) is 9.43. The summed E-state index contributed by atoms with van der Waals surface area (Å²) in [7, 11) is 0. The molecule has 0 saturated carbocycles. The van der Waals surface area contributed by atoms with Crippen LogP contribution in [-0.2, 0) is 6.42 Å². The Labute approximate surface area is 213 Å². The Hall–Kier alpha value is -3.78. The van der Waals surface area contributed by atoms with Gasteiger partial charge in [0.05, 0.1) is 17.0 Å². The van der Waals surface area contributed by atoms with Gasteiger partial charge < -0.3 is 9.15 Å². The smallest absolute Gasteiger partial charge is 0.297 e. The number of amides is 1. The molecule has 8 heteroatoms. The van der Waals surface area contributed by atoms with Gasteiger partial charge in [0, 0.05) is 6.42 Å². The highest BCUT2D eigenvalue weighted by Crippen LogP contribution is 2.43. The van der Waals surface area contributed by atoms with Crippen molar-refractivity contribution in [3.63, 3.8) is 0 Å². The molecule has 0 saturated heterocycles. The number of rotatable bonds is 7. The maximum atomic E-state index is 13.9. The van der Waals surface area contributed by atoms with E-state index in [1.165, 1.54) is 16.2 Å². The fourth-order valence-corrected chi connectivity index (χ4v) is 5.52. The van der Waals surface area contributed by atoms with Crippen molar-refractivity contribution in [3.05, 3.63) is 92.3 Å². The van der Waals surface area contributed by atoms with E-state index in [0.717, 1.165) is 28.1 Å². The molecular weight excluding hydrogens is 474 g/mol. The molecule has 0 radical (unpaired) electrons. The molecule has 4 aromatic rings. The van der Waals surface area contributed by atoms with E-state index in [2.05, 4.69) is 30.6 Å². The second-order valence-corrected chi connectivity index (χ2v) is 10.5. The topological polar surface area (TPSA) is 85.5 Å². The van der Waals surface area contributed by atoms with Crippen LogP contribution in [0.3, 0.4) is 0 Å². The zero-order chi connectivity index (χ0) is 25.6. The maximum absolute atomic E-state index is 13.9. The van der Waals surface area contributed by atoms with E-state index < -0.39 is 11.9 Å². The summed E-state index contributed by atoms with van der Waals surface area (Å²) in [5.74, 6) is 0.644. The van der Waals surface area contributed by atoms with Crippen molar-refractivity contribution in [3.8, 4) is 5.75 Å². The first-order valence-corrected chi connectivity index (χ1v) is 12.7. The van der Waals surface area contributed by atoms with E-state index in [9.17, 15) is 9.59 Å². The minimum absolute atomic E-state index is 0.0405. The zero-order valence-electron chi connectivity index (χ0n) is 20.7. The number of carbonyl (C=O) groups is 1. The number of fused-ring (bicyclic) bond motifs is 2. The Morgan fingerprint density at radius 2 is 1.94 bits per heavy atom. The van der Waals surface area contributed by atoms with Crippen LogP contribution in [-0.4, -0.2) is 22.7 Å². The third kappa shape index (κ3) is 4.11. The van der Waals surface area contributed by atoms with Gasteiger partial charge in [-0.3, -0.25) is 14.5 Å². The Morgan fingerprint density at radius 3 is 2.69 bits per heavy atom. The molecule has 1 unspecified atom stereocenters. The number of nitrogens with zero attached hydrogens (tertiary/aromatic N) is 3. The molecule has 2 aromatic heterocycles. The first-order valence-electron chi connectivity index (χ1n) is 11.9. The number of aromatic nitrogens is 2. The van der Waals surface area contributed by atoms with Crippen LogP contribution in [0.1, 0.15) is 57.7 Å². The van der Waals surface area contributed by atoms with Gasteiger partial charge in [-0.1, -0.05) is 50.0 Å². The molecule has 2 aromatic carbocycles. The minimum atomic E-state index is -0.720. The molecule has 184 valence electrons. The predicted molar refractivity (Wildman–Crippen MR) is 141 cm³/mol. The molecule has 0 aliphatic carbocycles. The third-order valence-corrected chi connectivity index (χ3v) is 7.22. The monoisotopic (exact) mass is 501 g/mol. The molecule has 1 aliphatic rings. The minimum Gasteiger partial charge on any atom is -0.490 e. The van der Waals surface area contributed by atoms with E-state index in [-0.39, 0.29) is 11.2 Å². The van der Waals surface area contributed by atoms with Gasteiger partial charge in [-0.05, 0) is 60.7 Å². The lowest BCUT2D eigenvalue weighted by Crippen LogP contribution is -2.29. The van der Waals surface area contributed by atoms with E-state index in [1.54, 1.807) is 6.08 Å². The SMILES string of the molecule is C=CCOc1cccc(C2c3c(oc4cc(C)c(C)cc4c3=O)C(=O)N2c2nnc(CC(C)C)s2)c1. The lowest BCUT2D eigenvalue weighted by atomic mass is 9.97. The number of carbonyl (C=O) groups excluding carboxylic acids is 1. The average Bonchev–Trinajstić information content (AvgIpc) is 3.41. The number of anilines is 1. The highest BCUT2D eigenvalue weighted by molar-refractivity contribution is 7.15. The summed E-state index contributed by atoms with van der Waals surface area (Å²) in [4.78, 5) is 29.2. The highest BCUT2D eigenvalue weighted by atomic mass is 32.1. The van der Waals surface area contributed by atoms with Crippen LogP contribution >= 0.6 is 11.3 Å². The zero-order valence-corrected chi connectivity index (χ0v) is 21.5. The van der Waals surface area contributed by atoms with Crippen LogP contribution in [0.15, 0.2) is 58.3 Å². The quantitative estimate of drug-likeness (QED) is 0.299. The third-order valence-electron chi connectivity index (χ3n) is 6.27. The molecule has 1 aliphatic heterocycles. The number of hydrogen-bond donors (Lipinski definition) is 0. The van der Waals surface area contributed by atoms with E-state index in [4.69, 9.17) is 9.15 Å². The normalized spacial score (nSPS) is 15.1. The van der Waals surface area contributed by atoms with Gasteiger partial charge in [-0.25, -0.2) is 0 Å². The van der Waals surface area contributed by atoms with Gasteiger partial charge in [0.2, 0.25) is 10.9 Å². The number of ether oxygens (including phenoxy) is 1. The summed E-state index contributed by atoms with van der Waals surface area (Å²) >= 11 is 1.36. The van der Waals surface area contributed by atoms with Crippen molar-refractivity contribution >= 4 is 33.3 Å². The fraction of sp³-hybridized carbons (Fsp3) is 0.286. The molecule has 0 spiro atoms. The van der Waals surface area contributed by atoms with Crippen molar-refractivity contribution in [1.82, 2.24) is 10.2 Å². The molecule has 5 rings (SSSR count). The van der Waals surface area contributed by atoms with Crippen LogP contribution < -0.4 is 15.1 Å². The van der Waals surface area contributed by atoms with Crippen LogP contribution in [0, 0.1) is 19.8 Å². The van der Waals surface area contributed by atoms with Gasteiger partial charge in [0.15, 0.2) is 5.43 Å². The second kappa shape index (κ2) is 9.35. The van der Waals surface area contributed by atoms with Crippen molar-refractivity contribution in [1.29, 1.82) is 0 Å². The standard InChI is InChI=1S/C28H27N3O4S/c1-6-10-34-19-9-7-8-18(14-19)24-23-25(32)20-12-16(4)17(5)13-21(20)35-26(23)27(33)31(24)28-30-29-22(36-28)11-15(2)3/h6-9,12-15,24H,1,10-11H2,2-5H3. The van der Waals surface area contributed by atoms with E-state index >= 15 is 0 Å². The molecule has 0 bridgehead atoms. The number of aryl methyl sites for hydroxylation is 2. The van der Waals surface area contributed by atoms with Crippen molar-refractivity contribution < 1.29 is 13.9 Å². The predicted octanol–water partition coefficient (Wildman–Crippen LogP) is 5.77. The van der Waals surface area contributed by atoms with Crippen LogP contribution in [0.25, 0.3) is 11.0 Å². The number of hydrogen-bond acceptors (Lipinski definition) is 7. The molecule has 1 amide bonds. The van der Waals surface area contributed by atoms with Crippen molar-refractivity contribution in [2.24, 2.45) is 5.92 Å². The van der Waals surface area contributed by atoms with Crippen molar-refractivity contribution in [2.75, 3.05) is 11.5 Å². The average molecular weight is 502 g/mol. The summed E-state index contributed by atoms with van der Waals surface area (Å²) in [6.45, 7) is 12.2. The molecule has 0 N–H and O–H groups in total. The first-order chi connectivity index (χ1) is 17.3. The molecule has 1 atom stereocenters. The highest BCUT2D eigenvalue weighted by Gasteiger charge is 2.45. The molecule has 7 nitrogen and oxygen atoms in total. The van der Waals surface area contributed by atoms with Crippen molar-refractivity contribution in [2.45, 2.75) is 40.2 Å². The largest absolute Gasteiger partial charge is 0.490 e. The Kier molecular flexibility index (Phi) is 6.22. The summed E-state index contributed by atoms with van der Waals surface area (Å²) in [5, 5.41) is 10.4. The van der Waals surface area contributed by atoms with Crippen LogP contribution in [0.5, 0.6) is 5.75 Å². The maximum Gasteiger partial charge on any atom is 0.297 e. The van der Waals surface area contributed by atoms with Gasteiger partial charge in [-0.2, -0.15) is 0 Å². The van der Waals surface area contributed by atoms with Gasteiger partial charge in [-0.15, -0.1) is 10.2 Å². The molecular formula is C28H27N3O4S.